The molecule has 0 unspecified atom stereocenters. The molecule has 0 saturated heterocycles. The van der Waals surface area contributed by atoms with Crippen LogP contribution in [-0.2, 0) is 0 Å². The molecule has 4 nitrogen and oxygen atoms in total. The average molecular weight is 264 g/mol. The van der Waals surface area contributed by atoms with E-state index in [9.17, 15) is 13.6 Å². The van der Waals surface area contributed by atoms with E-state index in [1.165, 1.54) is 19.2 Å². The molecule has 2 aromatic rings. The van der Waals surface area contributed by atoms with Crippen molar-refractivity contribution in [3.8, 4) is 5.75 Å². The number of carbonyl (C=O) groups is 1. The van der Waals surface area contributed by atoms with Gasteiger partial charge in [0.15, 0.2) is 0 Å². The van der Waals surface area contributed by atoms with Gasteiger partial charge in [-0.25, -0.2) is 0 Å². The molecule has 0 aliphatic carbocycles. The molecule has 1 N–H and O–H groups in total. The number of nitrogens with zero attached hydrogens (tertiary/aromatic N) is 1. The number of aromatic nitrogens is 1. The summed E-state index contributed by atoms with van der Waals surface area (Å²) in [6.07, 6.45) is 0. The fourth-order valence-electron chi connectivity index (χ4n) is 1.44. The van der Waals surface area contributed by atoms with Gasteiger partial charge < -0.3 is 10.1 Å². The number of carbonyl (C=O) groups excluding carboxylic acids is 1. The first-order valence-corrected chi connectivity index (χ1v) is 5.37. The Balaban J connectivity index is 2.15. The highest BCUT2D eigenvalue weighted by molar-refractivity contribution is 6.04. The summed E-state index contributed by atoms with van der Waals surface area (Å²) >= 11 is 0. The Bertz CT molecular complexity index is 600. The maximum absolute atomic E-state index is 13.3. The van der Waals surface area contributed by atoms with Gasteiger partial charge in [0.2, 0.25) is 11.9 Å². The predicted molar refractivity (Wildman–Crippen MR) is 65.1 cm³/mol. The summed E-state index contributed by atoms with van der Waals surface area (Å²) in [7, 11) is 1.51. The molecule has 19 heavy (non-hydrogen) atoms. The third kappa shape index (κ3) is 3.04. The number of ether oxygens (including phenoxy) is 1. The Morgan fingerprint density at radius 1 is 1.16 bits per heavy atom. The summed E-state index contributed by atoms with van der Waals surface area (Å²) < 4.78 is 30.8. The lowest BCUT2D eigenvalue weighted by atomic mass is 10.2. The van der Waals surface area contributed by atoms with Crippen LogP contribution in [0.3, 0.4) is 0 Å². The first-order valence-electron chi connectivity index (χ1n) is 5.37. The highest BCUT2D eigenvalue weighted by Crippen LogP contribution is 2.15. The number of methoxy groups -OCH3 is 1. The number of amides is 1. The Kier molecular flexibility index (Phi) is 3.70. The smallest absolute Gasteiger partial charge is 0.255 e. The van der Waals surface area contributed by atoms with E-state index in [0.717, 1.165) is 12.1 Å². The van der Waals surface area contributed by atoms with Crippen molar-refractivity contribution in [3.63, 3.8) is 0 Å². The molecule has 0 fully saturated rings. The molecular formula is C13H10F2N2O2. The van der Waals surface area contributed by atoms with Gasteiger partial charge in [-0.05, 0) is 36.4 Å². The molecule has 0 saturated carbocycles. The van der Waals surface area contributed by atoms with E-state index in [0.29, 0.717) is 11.3 Å². The van der Waals surface area contributed by atoms with Crippen LogP contribution in [0.2, 0.25) is 0 Å². The minimum atomic E-state index is -1.07. The minimum Gasteiger partial charge on any atom is -0.497 e. The molecule has 6 heteroatoms. The summed E-state index contributed by atoms with van der Waals surface area (Å²) in [6.45, 7) is 0. The highest BCUT2D eigenvalue weighted by atomic mass is 19.1. The summed E-state index contributed by atoms with van der Waals surface area (Å²) in [5.74, 6) is -1.93. The van der Waals surface area contributed by atoms with Gasteiger partial charge in [0.1, 0.15) is 5.75 Å². The lowest BCUT2D eigenvalue weighted by Crippen LogP contribution is -2.13. The van der Waals surface area contributed by atoms with E-state index in [-0.39, 0.29) is 5.69 Å². The van der Waals surface area contributed by atoms with E-state index in [2.05, 4.69) is 10.3 Å². The molecule has 2 rings (SSSR count). The summed E-state index contributed by atoms with van der Waals surface area (Å²) in [5, 5.41) is 2.31. The SMILES string of the molecule is COc1ccc(C(=O)Nc2ccc(F)nc2F)cc1. The molecule has 0 atom stereocenters. The first-order chi connectivity index (χ1) is 9.10. The fourth-order valence-corrected chi connectivity index (χ4v) is 1.44. The van der Waals surface area contributed by atoms with Crippen molar-refractivity contribution in [1.29, 1.82) is 0 Å². The van der Waals surface area contributed by atoms with Gasteiger partial charge in [-0.3, -0.25) is 4.79 Å². The Morgan fingerprint density at radius 3 is 2.42 bits per heavy atom. The molecule has 1 amide bonds. The van der Waals surface area contributed by atoms with Crippen LogP contribution in [0.25, 0.3) is 0 Å². The van der Waals surface area contributed by atoms with Gasteiger partial charge in [-0.1, -0.05) is 0 Å². The monoisotopic (exact) mass is 264 g/mol. The molecule has 0 bridgehead atoms. The number of hydrogen-bond donors (Lipinski definition) is 1. The van der Waals surface area contributed by atoms with Crippen molar-refractivity contribution in [3.05, 3.63) is 53.9 Å². The number of rotatable bonds is 3. The number of halogens is 2. The van der Waals surface area contributed by atoms with Gasteiger partial charge in [0, 0.05) is 5.56 Å². The second kappa shape index (κ2) is 5.43. The van der Waals surface area contributed by atoms with Crippen molar-refractivity contribution in [2.24, 2.45) is 0 Å². The van der Waals surface area contributed by atoms with Crippen molar-refractivity contribution >= 4 is 11.6 Å². The van der Waals surface area contributed by atoms with Gasteiger partial charge in [0.25, 0.3) is 5.91 Å². The molecule has 0 spiro atoms. The van der Waals surface area contributed by atoms with E-state index in [1.807, 2.05) is 0 Å². The van der Waals surface area contributed by atoms with Crippen molar-refractivity contribution in [2.45, 2.75) is 0 Å². The van der Waals surface area contributed by atoms with Crippen LogP contribution in [0.4, 0.5) is 14.5 Å². The van der Waals surface area contributed by atoms with Crippen LogP contribution < -0.4 is 10.1 Å². The quantitative estimate of drug-likeness (QED) is 0.867. The summed E-state index contributed by atoms with van der Waals surface area (Å²) in [5.41, 5.74) is 0.145. The Morgan fingerprint density at radius 2 is 1.84 bits per heavy atom. The van der Waals surface area contributed by atoms with E-state index < -0.39 is 17.8 Å². The van der Waals surface area contributed by atoms with Gasteiger partial charge in [-0.15, -0.1) is 0 Å². The Hall–Kier alpha value is -2.50. The summed E-state index contributed by atoms with van der Waals surface area (Å²) in [6, 6.07) is 8.35. The van der Waals surface area contributed by atoms with E-state index in [4.69, 9.17) is 4.74 Å². The number of benzene rings is 1. The second-order valence-corrected chi connectivity index (χ2v) is 3.65. The normalized spacial score (nSPS) is 10.1. The van der Waals surface area contributed by atoms with Crippen LogP contribution in [0.1, 0.15) is 10.4 Å². The van der Waals surface area contributed by atoms with Crippen LogP contribution in [0.5, 0.6) is 5.75 Å². The van der Waals surface area contributed by atoms with E-state index in [1.54, 1.807) is 12.1 Å². The van der Waals surface area contributed by atoms with Crippen molar-refractivity contribution in [1.82, 2.24) is 4.98 Å². The number of pyridine rings is 1. The maximum Gasteiger partial charge on any atom is 0.255 e. The lowest BCUT2D eigenvalue weighted by molar-refractivity contribution is 0.102. The zero-order valence-electron chi connectivity index (χ0n) is 9.98. The van der Waals surface area contributed by atoms with Crippen LogP contribution in [0, 0.1) is 11.9 Å². The van der Waals surface area contributed by atoms with Gasteiger partial charge >= 0.3 is 0 Å². The predicted octanol–water partition coefficient (Wildman–Crippen LogP) is 2.62. The van der Waals surface area contributed by atoms with Crippen LogP contribution >= 0.6 is 0 Å². The zero-order chi connectivity index (χ0) is 13.8. The molecular weight excluding hydrogens is 254 g/mol. The third-order valence-electron chi connectivity index (χ3n) is 2.42. The van der Waals surface area contributed by atoms with Crippen LogP contribution in [0.15, 0.2) is 36.4 Å². The van der Waals surface area contributed by atoms with E-state index >= 15 is 0 Å². The molecule has 0 aliphatic heterocycles. The Labute approximate surface area is 108 Å². The summed E-state index contributed by atoms with van der Waals surface area (Å²) in [4.78, 5) is 14.8. The molecule has 1 aromatic heterocycles. The van der Waals surface area contributed by atoms with Crippen molar-refractivity contribution < 1.29 is 18.3 Å². The maximum atomic E-state index is 13.3. The molecule has 98 valence electrons. The molecule has 1 aromatic carbocycles. The zero-order valence-corrected chi connectivity index (χ0v) is 9.98. The number of hydrogen-bond acceptors (Lipinski definition) is 3. The van der Waals surface area contributed by atoms with Crippen molar-refractivity contribution in [2.75, 3.05) is 12.4 Å². The largest absolute Gasteiger partial charge is 0.497 e. The fraction of sp³-hybridized carbons (Fsp3) is 0.0769. The van der Waals surface area contributed by atoms with Gasteiger partial charge in [0.05, 0.1) is 12.8 Å². The highest BCUT2D eigenvalue weighted by Gasteiger charge is 2.11. The lowest BCUT2D eigenvalue weighted by Gasteiger charge is -2.06. The third-order valence-corrected chi connectivity index (χ3v) is 2.42. The number of nitrogens with one attached hydrogen (secondary N) is 1. The second-order valence-electron chi connectivity index (χ2n) is 3.65. The topological polar surface area (TPSA) is 51.2 Å². The number of anilines is 1. The van der Waals surface area contributed by atoms with Crippen LogP contribution in [-0.4, -0.2) is 18.0 Å². The minimum absolute atomic E-state index is 0.179. The molecule has 1 heterocycles. The van der Waals surface area contributed by atoms with Gasteiger partial charge in [-0.2, -0.15) is 13.8 Å². The molecule has 0 radical (unpaired) electrons. The molecule has 0 aliphatic rings. The average Bonchev–Trinajstić information content (AvgIpc) is 2.42. The first kappa shape index (κ1) is 12.9. The standard InChI is InChI=1S/C13H10F2N2O2/c1-19-9-4-2-8(3-5-9)13(18)16-10-6-7-11(14)17-12(10)15/h2-7H,1H3,(H,16,18).